The lowest BCUT2D eigenvalue weighted by Gasteiger charge is -2.26. The molecule has 0 bridgehead atoms. The van der Waals surface area contributed by atoms with Gasteiger partial charge in [-0.3, -0.25) is 9.69 Å². The Hall–Kier alpha value is -0.610. The molecular weight excluding hydrogens is 168 g/mol. The molecule has 0 saturated carbocycles. The predicted octanol–water partition coefficient (Wildman–Crippen LogP) is -0.341. The zero-order valence-corrected chi connectivity index (χ0v) is 7.92. The first-order valence-electron chi connectivity index (χ1n) is 4.69. The minimum absolute atomic E-state index is 0.193. The summed E-state index contributed by atoms with van der Waals surface area (Å²) in [5, 5.41) is 2.68. The molecule has 1 saturated heterocycles. The van der Waals surface area contributed by atoms with Gasteiger partial charge in [-0.2, -0.15) is 0 Å². The van der Waals surface area contributed by atoms with Crippen LogP contribution in [0.2, 0.25) is 0 Å². The lowest BCUT2D eigenvalue weighted by molar-refractivity contribution is -0.116. The van der Waals surface area contributed by atoms with Crippen molar-refractivity contribution in [3.05, 3.63) is 6.92 Å². The molecule has 1 aliphatic heterocycles. The monoisotopic (exact) mass is 185 g/mol. The van der Waals surface area contributed by atoms with Crippen LogP contribution >= 0.6 is 0 Å². The molecule has 1 rings (SSSR count). The van der Waals surface area contributed by atoms with E-state index in [-0.39, 0.29) is 5.91 Å². The van der Waals surface area contributed by atoms with Gasteiger partial charge >= 0.3 is 0 Å². The number of rotatable bonds is 4. The highest BCUT2D eigenvalue weighted by molar-refractivity contribution is 5.79. The van der Waals surface area contributed by atoms with Crippen LogP contribution in [0.4, 0.5) is 0 Å². The SMILES string of the molecule is [CH2]C(=O)NCCCN1CCOCC1. The van der Waals surface area contributed by atoms with E-state index in [0.29, 0.717) is 0 Å². The molecule has 0 aromatic rings. The lowest BCUT2D eigenvalue weighted by atomic mass is 10.3. The fourth-order valence-corrected chi connectivity index (χ4v) is 1.36. The van der Waals surface area contributed by atoms with Crippen LogP contribution in [0, 0.1) is 6.92 Å². The van der Waals surface area contributed by atoms with Gasteiger partial charge in [-0.25, -0.2) is 0 Å². The van der Waals surface area contributed by atoms with Gasteiger partial charge in [-0.05, 0) is 13.0 Å². The minimum atomic E-state index is -0.193. The largest absolute Gasteiger partial charge is 0.379 e. The number of carbonyl (C=O) groups excluding carboxylic acids is 1. The Morgan fingerprint density at radius 3 is 2.77 bits per heavy atom. The summed E-state index contributed by atoms with van der Waals surface area (Å²) in [6.45, 7) is 8.69. The number of morpholine rings is 1. The smallest absolute Gasteiger partial charge is 0.220 e. The molecule has 0 spiro atoms. The van der Waals surface area contributed by atoms with Crippen molar-refractivity contribution in [3.8, 4) is 0 Å². The quantitative estimate of drug-likeness (QED) is 0.609. The van der Waals surface area contributed by atoms with Gasteiger partial charge in [0.2, 0.25) is 5.91 Å². The van der Waals surface area contributed by atoms with Gasteiger partial charge in [0.05, 0.1) is 13.2 Å². The van der Waals surface area contributed by atoms with Gasteiger partial charge in [-0.1, -0.05) is 0 Å². The zero-order chi connectivity index (χ0) is 9.52. The summed E-state index contributed by atoms with van der Waals surface area (Å²) in [5.41, 5.74) is 0. The number of nitrogens with one attached hydrogen (secondary N) is 1. The Balaban J connectivity index is 1.95. The molecule has 4 nitrogen and oxygen atoms in total. The van der Waals surface area contributed by atoms with Crippen LogP contribution in [0.3, 0.4) is 0 Å². The number of carbonyl (C=O) groups is 1. The van der Waals surface area contributed by atoms with E-state index < -0.39 is 0 Å². The van der Waals surface area contributed by atoms with Crippen LogP contribution < -0.4 is 5.32 Å². The average Bonchev–Trinajstić information content (AvgIpc) is 2.14. The van der Waals surface area contributed by atoms with E-state index in [0.717, 1.165) is 45.8 Å². The predicted molar refractivity (Wildman–Crippen MR) is 50.2 cm³/mol. The Kier molecular flexibility index (Phi) is 4.78. The van der Waals surface area contributed by atoms with E-state index >= 15 is 0 Å². The standard InChI is InChI=1S/C9H17N2O2/c1-9(12)10-3-2-4-11-5-7-13-8-6-11/h1-8H2,(H,10,12). The summed E-state index contributed by atoms with van der Waals surface area (Å²) in [4.78, 5) is 12.8. The first-order valence-corrected chi connectivity index (χ1v) is 4.69. The van der Waals surface area contributed by atoms with Crippen LogP contribution in [0.25, 0.3) is 0 Å². The average molecular weight is 185 g/mol. The van der Waals surface area contributed by atoms with Crippen LogP contribution in [-0.4, -0.2) is 50.2 Å². The topological polar surface area (TPSA) is 41.6 Å². The number of amides is 1. The molecular formula is C9H17N2O2. The highest BCUT2D eigenvalue weighted by atomic mass is 16.5. The Morgan fingerprint density at radius 1 is 1.46 bits per heavy atom. The molecule has 0 aliphatic carbocycles. The summed E-state index contributed by atoms with van der Waals surface area (Å²) >= 11 is 0. The minimum Gasteiger partial charge on any atom is -0.379 e. The third-order valence-electron chi connectivity index (χ3n) is 2.08. The van der Waals surface area contributed by atoms with E-state index in [2.05, 4.69) is 17.1 Å². The van der Waals surface area contributed by atoms with Crippen LogP contribution in [0.15, 0.2) is 0 Å². The van der Waals surface area contributed by atoms with Crippen LogP contribution in [0.5, 0.6) is 0 Å². The van der Waals surface area contributed by atoms with Gasteiger partial charge in [0, 0.05) is 26.6 Å². The highest BCUT2D eigenvalue weighted by Crippen LogP contribution is 1.96. The van der Waals surface area contributed by atoms with E-state index in [1.165, 1.54) is 0 Å². The molecule has 0 atom stereocenters. The van der Waals surface area contributed by atoms with Crippen molar-refractivity contribution in [2.45, 2.75) is 6.42 Å². The van der Waals surface area contributed by atoms with Crippen molar-refractivity contribution < 1.29 is 9.53 Å². The maximum Gasteiger partial charge on any atom is 0.220 e. The third-order valence-corrected chi connectivity index (χ3v) is 2.08. The zero-order valence-electron chi connectivity index (χ0n) is 7.92. The summed E-state index contributed by atoms with van der Waals surface area (Å²) in [6, 6.07) is 0. The molecule has 1 amide bonds. The van der Waals surface area contributed by atoms with Gasteiger partial charge in [-0.15, -0.1) is 0 Å². The van der Waals surface area contributed by atoms with Crippen molar-refractivity contribution in [2.75, 3.05) is 39.4 Å². The second-order valence-corrected chi connectivity index (χ2v) is 3.16. The number of hydrogen-bond donors (Lipinski definition) is 1. The fraction of sp³-hybridized carbons (Fsp3) is 0.778. The van der Waals surface area contributed by atoms with E-state index in [9.17, 15) is 4.79 Å². The van der Waals surface area contributed by atoms with Crippen molar-refractivity contribution in [1.29, 1.82) is 0 Å². The van der Waals surface area contributed by atoms with Gasteiger partial charge in [0.25, 0.3) is 0 Å². The maximum atomic E-state index is 10.4. The molecule has 1 aliphatic rings. The first kappa shape index (κ1) is 10.5. The van der Waals surface area contributed by atoms with E-state index in [1.54, 1.807) is 0 Å². The number of hydrogen-bond acceptors (Lipinski definition) is 3. The van der Waals surface area contributed by atoms with Crippen molar-refractivity contribution >= 4 is 5.91 Å². The van der Waals surface area contributed by atoms with Gasteiger partial charge in [0.1, 0.15) is 0 Å². The maximum absolute atomic E-state index is 10.4. The third kappa shape index (κ3) is 4.85. The molecule has 4 heteroatoms. The second-order valence-electron chi connectivity index (χ2n) is 3.16. The van der Waals surface area contributed by atoms with Gasteiger partial charge < -0.3 is 10.1 Å². The first-order chi connectivity index (χ1) is 6.29. The molecule has 0 unspecified atom stereocenters. The molecule has 75 valence electrons. The second kappa shape index (κ2) is 5.94. The Bertz CT molecular complexity index is 156. The fourth-order valence-electron chi connectivity index (χ4n) is 1.36. The molecule has 1 radical (unpaired) electrons. The summed E-state index contributed by atoms with van der Waals surface area (Å²) in [6.07, 6.45) is 0.987. The van der Waals surface area contributed by atoms with Crippen LogP contribution in [0.1, 0.15) is 6.42 Å². The summed E-state index contributed by atoms with van der Waals surface area (Å²) < 4.78 is 5.22. The van der Waals surface area contributed by atoms with E-state index in [1.807, 2.05) is 0 Å². The molecule has 13 heavy (non-hydrogen) atoms. The Morgan fingerprint density at radius 2 is 2.15 bits per heavy atom. The Labute approximate surface area is 79.2 Å². The van der Waals surface area contributed by atoms with Crippen molar-refractivity contribution in [2.24, 2.45) is 0 Å². The molecule has 1 fully saturated rings. The van der Waals surface area contributed by atoms with Crippen molar-refractivity contribution in [3.63, 3.8) is 0 Å². The van der Waals surface area contributed by atoms with E-state index in [4.69, 9.17) is 4.74 Å². The lowest BCUT2D eigenvalue weighted by Crippen LogP contribution is -2.38. The van der Waals surface area contributed by atoms with Gasteiger partial charge in [0.15, 0.2) is 0 Å². The summed E-state index contributed by atoms with van der Waals surface area (Å²) in [7, 11) is 0. The molecule has 1 N–H and O–H groups in total. The number of ether oxygens (including phenoxy) is 1. The highest BCUT2D eigenvalue weighted by Gasteiger charge is 2.08. The van der Waals surface area contributed by atoms with Crippen LogP contribution in [-0.2, 0) is 9.53 Å². The van der Waals surface area contributed by atoms with Crippen molar-refractivity contribution in [1.82, 2.24) is 10.2 Å². The normalized spacial score (nSPS) is 18.5. The molecule has 0 aromatic heterocycles. The summed E-state index contributed by atoms with van der Waals surface area (Å²) in [5.74, 6) is -0.193. The molecule has 0 aromatic carbocycles. The molecule has 1 heterocycles. The number of nitrogens with zero attached hydrogens (tertiary/aromatic N) is 1.